The number of hydrogen-bond acceptors (Lipinski definition) is 8. The fraction of sp³-hybridized carbons (Fsp3) is 0.417. The van der Waals surface area contributed by atoms with E-state index in [2.05, 4.69) is 23.1 Å². The minimum atomic E-state index is -0.937. The number of aromatic nitrogens is 1. The number of methoxy groups -OCH3 is 1. The molecule has 10 heteroatoms. The second-order valence-corrected chi connectivity index (χ2v) is 14.9. The van der Waals surface area contributed by atoms with Gasteiger partial charge in [0.2, 0.25) is 0 Å². The number of fused-ring (bicyclic) bond motifs is 1. The normalized spacial score (nSPS) is 14.8. The number of piperazine rings is 1. The summed E-state index contributed by atoms with van der Waals surface area (Å²) in [5.74, 6) is -0.461. The third-order valence-electron chi connectivity index (χ3n) is 7.60. The monoisotopic (exact) mass is 663 g/mol. The zero-order chi connectivity index (χ0) is 33.4. The zero-order valence-corrected chi connectivity index (χ0v) is 29.3. The number of carbonyl (C=O) groups excluding carboxylic acids is 2. The Labute approximate surface area is 280 Å². The number of carbonyl (C=O) groups is 2. The van der Waals surface area contributed by atoms with Crippen molar-refractivity contribution in [1.29, 1.82) is 0 Å². The van der Waals surface area contributed by atoms with Crippen molar-refractivity contribution in [3.8, 4) is 21.7 Å². The zero-order valence-electron chi connectivity index (χ0n) is 27.8. The fourth-order valence-corrected chi connectivity index (χ4v) is 6.82. The van der Waals surface area contributed by atoms with Gasteiger partial charge in [0, 0.05) is 53.6 Å². The van der Waals surface area contributed by atoms with Gasteiger partial charge in [0.05, 0.1) is 22.9 Å². The van der Waals surface area contributed by atoms with E-state index < -0.39 is 23.3 Å². The number of hydrogen-bond donors (Lipinski definition) is 0. The van der Waals surface area contributed by atoms with Gasteiger partial charge in [-0.25, -0.2) is 14.6 Å². The molecule has 1 aromatic heterocycles. The standard InChI is InChI=1S/C36H42ClN3O5S/c1-22-20-27-31(29(23-12-14-25(37)15-13-23)28(22)30(33(41)43-8)44-35(2,3)4)46-32(38-27)24-10-9-11-26(21-24)39-16-18-40(19-17-39)34(42)45-36(5,6)7/h9-15,20-21,30H,16-19H2,1-8H3/t30-/m0/s1. The maximum Gasteiger partial charge on any atom is 0.410 e. The summed E-state index contributed by atoms with van der Waals surface area (Å²) < 4.78 is 18.1. The summed E-state index contributed by atoms with van der Waals surface area (Å²) in [6, 6.07) is 18.0. The summed E-state index contributed by atoms with van der Waals surface area (Å²) >= 11 is 7.86. The van der Waals surface area contributed by atoms with Crippen molar-refractivity contribution in [2.24, 2.45) is 0 Å². The second kappa shape index (κ2) is 13.2. The van der Waals surface area contributed by atoms with E-state index in [-0.39, 0.29) is 6.09 Å². The molecular weight excluding hydrogens is 622 g/mol. The lowest BCUT2D eigenvalue weighted by molar-refractivity contribution is -0.164. The van der Waals surface area contributed by atoms with Crippen molar-refractivity contribution in [2.75, 3.05) is 38.2 Å². The third-order valence-corrected chi connectivity index (χ3v) is 8.99. The van der Waals surface area contributed by atoms with Crippen LogP contribution in [-0.2, 0) is 19.0 Å². The highest BCUT2D eigenvalue weighted by Crippen LogP contribution is 2.45. The third kappa shape index (κ3) is 7.65. The molecule has 5 rings (SSSR count). The van der Waals surface area contributed by atoms with Crippen molar-refractivity contribution in [3.05, 3.63) is 70.7 Å². The lowest BCUT2D eigenvalue weighted by Gasteiger charge is -2.36. The molecule has 46 heavy (non-hydrogen) atoms. The van der Waals surface area contributed by atoms with Crippen LogP contribution in [0.2, 0.25) is 5.02 Å². The van der Waals surface area contributed by atoms with E-state index in [1.54, 1.807) is 16.2 Å². The van der Waals surface area contributed by atoms with E-state index in [9.17, 15) is 9.59 Å². The van der Waals surface area contributed by atoms with E-state index in [0.717, 1.165) is 48.7 Å². The molecule has 0 bridgehead atoms. The number of benzene rings is 3. The Morgan fingerprint density at radius 2 is 1.59 bits per heavy atom. The molecule has 0 radical (unpaired) electrons. The molecular formula is C36H42ClN3O5S. The van der Waals surface area contributed by atoms with E-state index in [0.29, 0.717) is 31.2 Å². The van der Waals surface area contributed by atoms with E-state index in [1.165, 1.54) is 7.11 Å². The molecule has 244 valence electrons. The summed E-state index contributed by atoms with van der Waals surface area (Å²) in [6.45, 7) is 16.0. The maximum absolute atomic E-state index is 13.2. The molecule has 0 aliphatic carbocycles. The number of amides is 1. The molecule has 4 aromatic rings. The van der Waals surface area contributed by atoms with Crippen molar-refractivity contribution in [2.45, 2.75) is 65.8 Å². The van der Waals surface area contributed by atoms with Gasteiger partial charge in [-0.1, -0.05) is 35.9 Å². The van der Waals surface area contributed by atoms with Gasteiger partial charge in [-0.2, -0.15) is 0 Å². The highest BCUT2D eigenvalue weighted by molar-refractivity contribution is 7.22. The van der Waals surface area contributed by atoms with Crippen LogP contribution in [0.5, 0.6) is 0 Å². The van der Waals surface area contributed by atoms with Gasteiger partial charge < -0.3 is 24.0 Å². The van der Waals surface area contributed by atoms with Gasteiger partial charge in [-0.15, -0.1) is 11.3 Å². The first-order valence-corrected chi connectivity index (χ1v) is 16.6. The summed E-state index contributed by atoms with van der Waals surface area (Å²) in [4.78, 5) is 35.0. The Kier molecular flexibility index (Phi) is 9.68. The molecule has 0 unspecified atom stereocenters. The van der Waals surface area contributed by atoms with Crippen molar-refractivity contribution in [1.82, 2.24) is 9.88 Å². The van der Waals surface area contributed by atoms with Crippen LogP contribution in [0.1, 0.15) is 58.8 Å². The predicted molar refractivity (Wildman–Crippen MR) is 186 cm³/mol. The van der Waals surface area contributed by atoms with Crippen molar-refractivity contribution in [3.63, 3.8) is 0 Å². The molecule has 1 amide bonds. The van der Waals surface area contributed by atoms with E-state index in [4.69, 9.17) is 30.8 Å². The smallest absolute Gasteiger partial charge is 0.410 e. The molecule has 1 aliphatic rings. The van der Waals surface area contributed by atoms with E-state index >= 15 is 0 Å². The molecule has 1 aliphatic heterocycles. The predicted octanol–water partition coefficient (Wildman–Crippen LogP) is 8.68. The Morgan fingerprint density at radius 3 is 2.20 bits per heavy atom. The van der Waals surface area contributed by atoms with Gasteiger partial charge in [0.15, 0.2) is 6.10 Å². The van der Waals surface area contributed by atoms with Crippen LogP contribution in [0.3, 0.4) is 0 Å². The molecule has 3 aromatic carbocycles. The lowest BCUT2D eigenvalue weighted by Crippen LogP contribution is -2.50. The summed E-state index contributed by atoms with van der Waals surface area (Å²) in [7, 11) is 1.38. The van der Waals surface area contributed by atoms with Crippen molar-refractivity contribution >= 4 is 50.9 Å². The Bertz CT molecular complexity index is 1730. The van der Waals surface area contributed by atoms with Crippen LogP contribution in [0, 0.1) is 6.92 Å². The molecule has 1 atom stereocenters. The molecule has 8 nitrogen and oxygen atoms in total. The highest BCUT2D eigenvalue weighted by atomic mass is 35.5. The number of aryl methyl sites for hydroxylation is 1. The van der Waals surface area contributed by atoms with Gasteiger partial charge in [-0.05, 0) is 89.9 Å². The minimum absolute atomic E-state index is 0.274. The first kappa shape index (κ1) is 33.7. The molecule has 0 spiro atoms. The summed E-state index contributed by atoms with van der Waals surface area (Å²) in [5.41, 5.74) is 5.19. The lowest BCUT2D eigenvalue weighted by atomic mass is 9.91. The first-order chi connectivity index (χ1) is 21.6. The number of anilines is 1. The van der Waals surface area contributed by atoms with Gasteiger partial charge in [0.25, 0.3) is 0 Å². The van der Waals surface area contributed by atoms with Crippen LogP contribution in [-0.4, -0.2) is 66.4 Å². The van der Waals surface area contributed by atoms with Crippen LogP contribution in [0.4, 0.5) is 10.5 Å². The van der Waals surface area contributed by atoms with Crippen LogP contribution < -0.4 is 4.90 Å². The largest absolute Gasteiger partial charge is 0.467 e. The van der Waals surface area contributed by atoms with Crippen LogP contribution >= 0.6 is 22.9 Å². The first-order valence-electron chi connectivity index (χ1n) is 15.4. The number of rotatable bonds is 6. The highest BCUT2D eigenvalue weighted by Gasteiger charge is 2.33. The quantitative estimate of drug-likeness (QED) is 0.191. The average Bonchev–Trinajstić information content (AvgIpc) is 3.42. The maximum atomic E-state index is 13.2. The van der Waals surface area contributed by atoms with Gasteiger partial charge in [-0.3, -0.25) is 0 Å². The number of nitrogens with zero attached hydrogens (tertiary/aromatic N) is 3. The number of halogens is 1. The molecule has 2 heterocycles. The summed E-state index contributed by atoms with van der Waals surface area (Å²) in [5, 5.41) is 1.49. The Morgan fingerprint density at radius 1 is 0.913 bits per heavy atom. The second-order valence-electron chi connectivity index (χ2n) is 13.5. The average molecular weight is 664 g/mol. The molecule has 1 fully saturated rings. The molecule has 0 N–H and O–H groups in total. The Hall–Kier alpha value is -3.66. The van der Waals surface area contributed by atoms with Crippen LogP contribution in [0.25, 0.3) is 31.9 Å². The number of esters is 1. The number of ether oxygens (including phenoxy) is 3. The fourth-order valence-electron chi connectivity index (χ4n) is 5.57. The summed E-state index contributed by atoms with van der Waals surface area (Å²) in [6.07, 6.45) is -1.21. The van der Waals surface area contributed by atoms with E-state index in [1.807, 2.05) is 84.9 Å². The van der Waals surface area contributed by atoms with Crippen LogP contribution in [0.15, 0.2) is 54.6 Å². The SMILES string of the molecule is COC(=O)[C@@H](OC(C)(C)C)c1c(C)cc2nc(-c3cccc(N4CCN(C(=O)OC(C)(C)C)CC4)c3)sc2c1-c1ccc(Cl)cc1. The van der Waals surface area contributed by atoms with Gasteiger partial charge >= 0.3 is 12.1 Å². The topological polar surface area (TPSA) is 81.2 Å². The Balaban J connectivity index is 1.54. The molecule has 1 saturated heterocycles. The number of thiazole rings is 1. The minimum Gasteiger partial charge on any atom is -0.467 e. The van der Waals surface area contributed by atoms with Gasteiger partial charge in [0.1, 0.15) is 10.6 Å². The van der Waals surface area contributed by atoms with Crippen molar-refractivity contribution < 1.29 is 23.8 Å². The molecule has 0 saturated carbocycles.